The van der Waals surface area contributed by atoms with Gasteiger partial charge in [0.15, 0.2) is 0 Å². The van der Waals surface area contributed by atoms with Crippen molar-refractivity contribution in [3.05, 3.63) is 0 Å². The van der Waals surface area contributed by atoms with Gasteiger partial charge in [-0.15, -0.1) is 0 Å². The van der Waals surface area contributed by atoms with Crippen molar-refractivity contribution in [2.75, 3.05) is 19.6 Å². The van der Waals surface area contributed by atoms with Crippen LogP contribution in [-0.4, -0.2) is 47.6 Å². The fourth-order valence-electron chi connectivity index (χ4n) is 2.77. The highest BCUT2D eigenvalue weighted by atomic mass is 16.4. The minimum Gasteiger partial charge on any atom is -0.481 e. The van der Waals surface area contributed by atoms with Gasteiger partial charge in [-0.3, -0.25) is 14.5 Å². The van der Waals surface area contributed by atoms with Crippen molar-refractivity contribution in [3.8, 4) is 0 Å². The van der Waals surface area contributed by atoms with Crippen molar-refractivity contribution in [3.63, 3.8) is 0 Å². The second-order valence-corrected chi connectivity index (χ2v) is 6.09. The molecule has 2 N–H and O–H groups in total. The average molecular weight is 284 g/mol. The number of carboxylic acids is 1. The van der Waals surface area contributed by atoms with E-state index in [2.05, 4.69) is 17.1 Å². The summed E-state index contributed by atoms with van der Waals surface area (Å²) in [6, 6.07) is 0.217. The van der Waals surface area contributed by atoms with Gasteiger partial charge in [0.1, 0.15) is 0 Å². The zero-order chi connectivity index (χ0) is 15.1. The number of hydrogen-bond acceptors (Lipinski definition) is 3. The molecule has 0 radical (unpaired) electrons. The van der Waals surface area contributed by atoms with Gasteiger partial charge in [-0.05, 0) is 44.6 Å². The summed E-state index contributed by atoms with van der Waals surface area (Å²) in [5, 5.41) is 11.9. The highest BCUT2D eigenvalue weighted by Gasteiger charge is 2.26. The molecule has 0 aromatic carbocycles. The van der Waals surface area contributed by atoms with Gasteiger partial charge in [-0.25, -0.2) is 0 Å². The number of piperidine rings is 1. The van der Waals surface area contributed by atoms with Crippen molar-refractivity contribution in [1.29, 1.82) is 0 Å². The van der Waals surface area contributed by atoms with Crippen molar-refractivity contribution < 1.29 is 14.7 Å². The van der Waals surface area contributed by atoms with Gasteiger partial charge in [0.05, 0.1) is 6.54 Å². The Kier molecular flexibility index (Phi) is 6.99. The van der Waals surface area contributed by atoms with Crippen molar-refractivity contribution in [2.45, 2.75) is 52.5 Å². The predicted octanol–water partition coefficient (Wildman–Crippen LogP) is 1.72. The maximum Gasteiger partial charge on any atom is 0.303 e. The Morgan fingerprint density at radius 1 is 1.40 bits per heavy atom. The van der Waals surface area contributed by atoms with Crippen molar-refractivity contribution in [2.24, 2.45) is 11.8 Å². The number of rotatable bonds is 7. The molecule has 0 aliphatic carbocycles. The van der Waals surface area contributed by atoms with Gasteiger partial charge >= 0.3 is 5.97 Å². The lowest BCUT2D eigenvalue weighted by atomic mass is 9.84. The fraction of sp³-hybridized carbons (Fsp3) is 0.867. The Labute approximate surface area is 121 Å². The van der Waals surface area contributed by atoms with E-state index >= 15 is 0 Å². The molecule has 1 aliphatic rings. The fourth-order valence-corrected chi connectivity index (χ4v) is 2.77. The Hall–Kier alpha value is -1.10. The standard InChI is InChI=1S/C15H28N2O3/c1-4-12(3)16-14(18)10-17-7-5-6-13(9-17)11(2)8-15(19)20/h11-13H,4-10H2,1-3H3,(H,16,18)(H,19,20). The second-order valence-electron chi connectivity index (χ2n) is 6.09. The molecule has 1 rings (SSSR count). The minimum atomic E-state index is -0.732. The molecule has 3 unspecified atom stereocenters. The molecule has 1 aliphatic heterocycles. The highest BCUT2D eigenvalue weighted by Crippen LogP contribution is 2.25. The summed E-state index contributed by atoms with van der Waals surface area (Å²) in [5.74, 6) is -0.0980. The van der Waals surface area contributed by atoms with E-state index in [1.807, 2.05) is 13.8 Å². The molecule has 1 fully saturated rings. The number of nitrogens with one attached hydrogen (secondary N) is 1. The van der Waals surface area contributed by atoms with Crippen LogP contribution in [0.3, 0.4) is 0 Å². The quantitative estimate of drug-likeness (QED) is 0.747. The lowest BCUT2D eigenvalue weighted by Gasteiger charge is -2.35. The van der Waals surface area contributed by atoms with Gasteiger partial charge in [-0.1, -0.05) is 13.8 Å². The largest absolute Gasteiger partial charge is 0.481 e. The molecule has 0 aromatic rings. The van der Waals surface area contributed by atoms with Crippen LogP contribution >= 0.6 is 0 Å². The summed E-state index contributed by atoms with van der Waals surface area (Å²) < 4.78 is 0. The topological polar surface area (TPSA) is 69.6 Å². The number of carbonyl (C=O) groups is 2. The summed E-state index contributed by atoms with van der Waals surface area (Å²) >= 11 is 0. The normalized spacial score (nSPS) is 23.1. The minimum absolute atomic E-state index is 0.0749. The monoisotopic (exact) mass is 284 g/mol. The van der Waals surface area contributed by atoms with Gasteiger partial charge in [-0.2, -0.15) is 0 Å². The van der Waals surface area contributed by atoms with Crippen LogP contribution in [0.15, 0.2) is 0 Å². The van der Waals surface area contributed by atoms with Crippen LogP contribution < -0.4 is 5.32 Å². The molecule has 0 bridgehead atoms. The van der Waals surface area contributed by atoms with Gasteiger partial charge in [0, 0.05) is 19.0 Å². The summed E-state index contributed by atoms with van der Waals surface area (Å²) in [4.78, 5) is 24.8. The van der Waals surface area contributed by atoms with Crippen LogP contribution in [-0.2, 0) is 9.59 Å². The Balaban J connectivity index is 2.40. The lowest BCUT2D eigenvalue weighted by Crippen LogP contribution is -2.45. The molecule has 116 valence electrons. The van der Waals surface area contributed by atoms with Gasteiger partial charge in [0.2, 0.25) is 5.91 Å². The molecule has 1 heterocycles. The third kappa shape index (κ3) is 5.90. The van der Waals surface area contributed by atoms with Crippen LogP contribution in [0.1, 0.15) is 46.5 Å². The Bertz CT molecular complexity index is 333. The van der Waals surface area contributed by atoms with E-state index in [0.717, 1.165) is 32.4 Å². The third-order valence-electron chi connectivity index (χ3n) is 4.23. The number of nitrogens with zero attached hydrogens (tertiary/aromatic N) is 1. The van der Waals surface area contributed by atoms with Crippen molar-refractivity contribution in [1.82, 2.24) is 10.2 Å². The lowest BCUT2D eigenvalue weighted by molar-refractivity contribution is -0.138. The number of likely N-dealkylation sites (tertiary alicyclic amines) is 1. The average Bonchev–Trinajstić information content (AvgIpc) is 2.37. The molecule has 5 heteroatoms. The van der Waals surface area contributed by atoms with E-state index < -0.39 is 5.97 Å². The first kappa shape index (κ1) is 17.0. The number of amides is 1. The Morgan fingerprint density at radius 3 is 2.70 bits per heavy atom. The number of carbonyl (C=O) groups excluding carboxylic acids is 1. The zero-order valence-corrected chi connectivity index (χ0v) is 12.9. The molecule has 1 saturated heterocycles. The van der Waals surface area contributed by atoms with Gasteiger partial charge in [0.25, 0.3) is 0 Å². The first-order valence-corrected chi connectivity index (χ1v) is 7.65. The number of carboxylic acid groups (broad SMARTS) is 1. The van der Waals surface area contributed by atoms with Crippen LogP contribution in [0, 0.1) is 11.8 Å². The Morgan fingerprint density at radius 2 is 2.10 bits per heavy atom. The van der Waals surface area contributed by atoms with Crippen LogP contribution in [0.4, 0.5) is 0 Å². The van der Waals surface area contributed by atoms with Crippen LogP contribution in [0.5, 0.6) is 0 Å². The summed E-state index contributed by atoms with van der Waals surface area (Å²) in [7, 11) is 0. The highest BCUT2D eigenvalue weighted by molar-refractivity contribution is 5.78. The molecule has 0 aromatic heterocycles. The second kappa shape index (κ2) is 8.25. The van der Waals surface area contributed by atoms with Crippen molar-refractivity contribution >= 4 is 11.9 Å². The van der Waals surface area contributed by atoms with E-state index in [9.17, 15) is 9.59 Å². The molecule has 20 heavy (non-hydrogen) atoms. The summed E-state index contributed by atoms with van der Waals surface area (Å²) in [5.41, 5.74) is 0. The SMILES string of the molecule is CCC(C)NC(=O)CN1CCCC(C(C)CC(=O)O)C1. The zero-order valence-electron chi connectivity index (χ0n) is 12.9. The molecular formula is C15H28N2O3. The van der Waals surface area contributed by atoms with Gasteiger partial charge < -0.3 is 10.4 Å². The maximum absolute atomic E-state index is 11.9. The predicted molar refractivity (Wildman–Crippen MR) is 78.5 cm³/mol. The van der Waals surface area contributed by atoms with Crippen LogP contribution in [0.2, 0.25) is 0 Å². The number of hydrogen-bond donors (Lipinski definition) is 2. The smallest absolute Gasteiger partial charge is 0.303 e. The van der Waals surface area contributed by atoms with E-state index in [0.29, 0.717) is 12.5 Å². The first-order chi connectivity index (χ1) is 9.42. The van der Waals surface area contributed by atoms with E-state index in [1.165, 1.54) is 0 Å². The molecular weight excluding hydrogens is 256 g/mol. The van der Waals surface area contributed by atoms with Crippen LogP contribution in [0.25, 0.3) is 0 Å². The third-order valence-corrected chi connectivity index (χ3v) is 4.23. The van der Waals surface area contributed by atoms with E-state index in [-0.39, 0.29) is 24.3 Å². The summed E-state index contributed by atoms with van der Waals surface area (Å²) in [6.07, 6.45) is 3.27. The van der Waals surface area contributed by atoms with E-state index in [4.69, 9.17) is 5.11 Å². The molecule has 5 nitrogen and oxygen atoms in total. The number of aliphatic carboxylic acids is 1. The maximum atomic E-state index is 11.9. The molecule has 0 spiro atoms. The molecule has 3 atom stereocenters. The summed E-state index contributed by atoms with van der Waals surface area (Å²) in [6.45, 7) is 8.26. The molecule has 0 saturated carbocycles. The molecule has 1 amide bonds. The van der Waals surface area contributed by atoms with E-state index in [1.54, 1.807) is 0 Å². The first-order valence-electron chi connectivity index (χ1n) is 7.65.